The van der Waals surface area contributed by atoms with E-state index < -0.39 is 0 Å². The smallest absolute Gasteiger partial charge is 0.224 e. The maximum atomic E-state index is 12.7. The average Bonchev–Trinajstić information content (AvgIpc) is 3.45. The second kappa shape index (κ2) is 8.24. The lowest BCUT2D eigenvalue weighted by Crippen LogP contribution is -2.30. The summed E-state index contributed by atoms with van der Waals surface area (Å²) in [5, 5.41) is 6.40. The van der Waals surface area contributed by atoms with Gasteiger partial charge in [0.2, 0.25) is 5.91 Å². The molecule has 1 amide bonds. The molecule has 2 N–H and O–H groups in total. The molecule has 1 aliphatic heterocycles. The van der Waals surface area contributed by atoms with Crippen molar-refractivity contribution in [2.24, 2.45) is 0 Å². The van der Waals surface area contributed by atoms with E-state index in [9.17, 15) is 4.79 Å². The van der Waals surface area contributed by atoms with Gasteiger partial charge in [-0.05, 0) is 40.8 Å². The number of para-hydroxylation sites is 1. The van der Waals surface area contributed by atoms with Gasteiger partial charge in [0.25, 0.3) is 0 Å². The van der Waals surface area contributed by atoms with Gasteiger partial charge in [-0.3, -0.25) is 4.79 Å². The number of hydrogen-bond acceptors (Lipinski definition) is 4. The number of H-pyrrole nitrogens is 1. The Hall–Kier alpha value is -3.25. The maximum Gasteiger partial charge on any atom is 0.224 e. The highest BCUT2D eigenvalue weighted by molar-refractivity contribution is 7.10. The third-order valence-corrected chi connectivity index (χ3v) is 6.34. The third kappa shape index (κ3) is 3.78. The lowest BCUT2D eigenvalue weighted by Gasteiger charge is -2.19. The first-order valence-electron chi connectivity index (χ1n) is 10.0. The molecule has 152 valence electrons. The summed E-state index contributed by atoms with van der Waals surface area (Å²) in [6.07, 6.45) is 2.36. The zero-order chi connectivity index (χ0) is 20.3. The van der Waals surface area contributed by atoms with E-state index in [2.05, 4.69) is 46.1 Å². The fourth-order valence-electron chi connectivity index (χ4n) is 3.90. The molecule has 0 radical (unpaired) electrons. The highest BCUT2D eigenvalue weighted by Gasteiger charge is 2.20. The number of benzene rings is 2. The monoisotopic (exact) mass is 418 g/mol. The van der Waals surface area contributed by atoms with Crippen LogP contribution in [0.3, 0.4) is 0 Å². The number of fused-ring (bicyclic) bond motifs is 2. The predicted molar refractivity (Wildman–Crippen MR) is 119 cm³/mol. The Kier molecular flexibility index (Phi) is 5.15. The van der Waals surface area contributed by atoms with Crippen molar-refractivity contribution in [3.05, 3.63) is 82.2 Å². The molecular formula is C24H22N2O3S. The minimum Gasteiger partial charge on any atom is -0.486 e. The number of carbonyl (C=O) groups excluding carboxylic acids is 1. The fourth-order valence-corrected chi connectivity index (χ4v) is 4.74. The summed E-state index contributed by atoms with van der Waals surface area (Å²) in [4.78, 5) is 17.3. The van der Waals surface area contributed by atoms with E-state index in [4.69, 9.17) is 9.47 Å². The molecule has 2 aromatic carbocycles. The van der Waals surface area contributed by atoms with Crippen LogP contribution in [0.1, 0.15) is 21.9 Å². The lowest BCUT2D eigenvalue weighted by molar-refractivity contribution is -0.120. The van der Waals surface area contributed by atoms with Crippen LogP contribution in [0.15, 0.2) is 66.2 Å². The molecule has 0 bridgehead atoms. The van der Waals surface area contributed by atoms with Crippen molar-refractivity contribution in [2.45, 2.75) is 12.3 Å². The first-order valence-corrected chi connectivity index (χ1v) is 10.9. The Labute approximate surface area is 178 Å². The van der Waals surface area contributed by atoms with Crippen LogP contribution >= 0.6 is 11.3 Å². The van der Waals surface area contributed by atoms with Crippen LogP contribution < -0.4 is 14.8 Å². The van der Waals surface area contributed by atoms with E-state index in [1.807, 2.05) is 30.3 Å². The first-order chi connectivity index (χ1) is 14.8. The van der Waals surface area contributed by atoms with E-state index in [0.29, 0.717) is 31.9 Å². The molecule has 5 nitrogen and oxygen atoms in total. The molecule has 4 aromatic rings. The summed E-state index contributed by atoms with van der Waals surface area (Å²) >= 11 is 1.71. The number of hydrogen-bond donors (Lipinski definition) is 2. The van der Waals surface area contributed by atoms with Crippen molar-refractivity contribution in [1.29, 1.82) is 0 Å². The summed E-state index contributed by atoms with van der Waals surface area (Å²) in [6.45, 7) is 1.65. The quantitative estimate of drug-likeness (QED) is 0.485. The second-order valence-corrected chi connectivity index (χ2v) is 8.30. The number of aromatic amines is 1. The summed E-state index contributed by atoms with van der Waals surface area (Å²) in [6, 6.07) is 18.1. The van der Waals surface area contributed by atoms with Gasteiger partial charge in [0, 0.05) is 34.4 Å². The van der Waals surface area contributed by atoms with E-state index >= 15 is 0 Å². The van der Waals surface area contributed by atoms with E-state index in [0.717, 1.165) is 16.8 Å². The number of ether oxygens (including phenoxy) is 2. The summed E-state index contributed by atoms with van der Waals surface area (Å²) in [7, 11) is 0. The van der Waals surface area contributed by atoms with Crippen LogP contribution in [0, 0.1) is 0 Å². The molecule has 0 aliphatic carbocycles. The summed E-state index contributed by atoms with van der Waals surface area (Å²) in [5.41, 5.74) is 3.22. The Morgan fingerprint density at radius 1 is 1.07 bits per heavy atom. The highest BCUT2D eigenvalue weighted by atomic mass is 32.1. The fraction of sp³-hybridized carbons (Fsp3) is 0.208. The normalized spacial score (nSPS) is 13.9. The maximum absolute atomic E-state index is 12.7. The van der Waals surface area contributed by atoms with Gasteiger partial charge in [-0.2, -0.15) is 0 Å². The van der Waals surface area contributed by atoms with Gasteiger partial charge in [0.1, 0.15) is 13.2 Å². The molecule has 3 heterocycles. The van der Waals surface area contributed by atoms with Crippen LogP contribution in [0.25, 0.3) is 10.9 Å². The molecule has 0 saturated carbocycles. The van der Waals surface area contributed by atoms with Crippen LogP contribution in [0.2, 0.25) is 0 Å². The topological polar surface area (TPSA) is 63.4 Å². The SMILES string of the molecule is O=C(Cc1ccc2c(c1)OCCO2)NCC(c1cccs1)c1c[nH]c2ccccc12. The van der Waals surface area contributed by atoms with Gasteiger partial charge in [-0.15, -0.1) is 11.3 Å². The molecule has 0 spiro atoms. The van der Waals surface area contributed by atoms with Crippen molar-refractivity contribution >= 4 is 28.1 Å². The van der Waals surface area contributed by atoms with Crippen molar-refractivity contribution in [2.75, 3.05) is 19.8 Å². The highest BCUT2D eigenvalue weighted by Crippen LogP contribution is 2.33. The van der Waals surface area contributed by atoms with E-state index in [1.165, 1.54) is 15.8 Å². The zero-order valence-corrected chi connectivity index (χ0v) is 17.2. The molecular weight excluding hydrogens is 396 g/mol. The molecule has 6 heteroatoms. The van der Waals surface area contributed by atoms with Gasteiger partial charge in [0.15, 0.2) is 11.5 Å². The van der Waals surface area contributed by atoms with Crippen LogP contribution in [-0.4, -0.2) is 30.6 Å². The predicted octanol–water partition coefficient (Wildman–Crippen LogP) is 4.49. The van der Waals surface area contributed by atoms with Crippen molar-refractivity contribution in [1.82, 2.24) is 10.3 Å². The molecule has 1 atom stereocenters. The van der Waals surface area contributed by atoms with Crippen LogP contribution in [-0.2, 0) is 11.2 Å². The minimum atomic E-state index is -0.00641. The molecule has 1 unspecified atom stereocenters. The molecule has 5 rings (SSSR count). The van der Waals surface area contributed by atoms with Crippen molar-refractivity contribution < 1.29 is 14.3 Å². The molecule has 30 heavy (non-hydrogen) atoms. The van der Waals surface area contributed by atoms with Gasteiger partial charge >= 0.3 is 0 Å². The number of aromatic nitrogens is 1. The minimum absolute atomic E-state index is 0.00641. The van der Waals surface area contributed by atoms with Gasteiger partial charge in [0.05, 0.1) is 6.42 Å². The van der Waals surface area contributed by atoms with Gasteiger partial charge in [-0.25, -0.2) is 0 Å². The number of thiophene rings is 1. The Bertz CT molecular complexity index is 1170. The first kappa shape index (κ1) is 18.8. The standard InChI is InChI=1S/C24H22N2O3S/c27-24(13-16-7-8-21-22(12-16)29-10-9-28-21)26-15-19(23-6-3-11-30-23)18-14-25-20-5-2-1-4-17(18)20/h1-8,11-12,14,19,25H,9-10,13,15H2,(H,26,27). The zero-order valence-electron chi connectivity index (χ0n) is 16.4. The number of rotatable bonds is 6. The number of carbonyl (C=O) groups is 1. The number of nitrogens with one attached hydrogen (secondary N) is 2. The van der Waals surface area contributed by atoms with E-state index in [1.54, 1.807) is 11.3 Å². The number of amides is 1. The molecule has 2 aromatic heterocycles. The van der Waals surface area contributed by atoms with Crippen LogP contribution in [0.4, 0.5) is 0 Å². The van der Waals surface area contributed by atoms with Gasteiger partial charge in [-0.1, -0.05) is 30.3 Å². The van der Waals surface area contributed by atoms with Crippen molar-refractivity contribution in [3.8, 4) is 11.5 Å². The molecule has 0 saturated heterocycles. The van der Waals surface area contributed by atoms with Crippen molar-refractivity contribution in [3.63, 3.8) is 0 Å². The van der Waals surface area contributed by atoms with Gasteiger partial charge < -0.3 is 19.8 Å². The lowest BCUT2D eigenvalue weighted by atomic mass is 9.96. The Morgan fingerprint density at radius 2 is 1.93 bits per heavy atom. The third-order valence-electron chi connectivity index (χ3n) is 5.36. The van der Waals surface area contributed by atoms with E-state index in [-0.39, 0.29) is 11.8 Å². The Morgan fingerprint density at radius 3 is 2.80 bits per heavy atom. The van der Waals surface area contributed by atoms with Crippen LogP contribution in [0.5, 0.6) is 11.5 Å². The molecule has 1 aliphatic rings. The molecule has 0 fully saturated rings. The largest absolute Gasteiger partial charge is 0.486 e. The average molecular weight is 419 g/mol. The Balaban J connectivity index is 1.32. The summed E-state index contributed by atoms with van der Waals surface area (Å²) < 4.78 is 11.2. The summed E-state index contributed by atoms with van der Waals surface area (Å²) in [5.74, 6) is 1.54. The second-order valence-electron chi connectivity index (χ2n) is 7.32.